The molecule has 12 heavy (non-hydrogen) atoms. The molecule has 2 aliphatic rings. The second-order valence-electron chi connectivity index (χ2n) is 3.26. The fourth-order valence-corrected chi connectivity index (χ4v) is 3.05. The topological polar surface area (TPSA) is 44.8 Å². The van der Waals surface area contributed by atoms with Gasteiger partial charge in [-0.15, -0.1) is 0 Å². The highest BCUT2D eigenvalue weighted by Gasteiger charge is 2.42. The second-order valence-corrected chi connectivity index (χ2v) is 4.99. The van der Waals surface area contributed by atoms with Crippen molar-refractivity contribution in [3.63, 3.8) is 0 Å². The molecule has 1 heterocycles. The van der Waals surface area contributed by atoms with Gasteiger partial charge < -0.3 is 0 Å². The van der Waals surface area contributed by atoms with Crippen LogP contribution in [0.1, 0.15) is 19.3 Å². The molecule has 3 atom stereocenters. The predicted octanol–water partition coefficient (Wildman–Crippen LogP) is 1.96. The lowest BCUT2D eigenvalue weighted by Gasteiger charge is -2.30. The molecule has 0 spiro atoms. The summed E-state index contributed by atoms with van der Waals surface area (Å²) in [6, 6.07) is 0. The van der Waals surface area contributed by atoms with E-state index >= 15 is 0 Å². The molecule has 0 N–H and O–H groups in total. The number of phosphoric ester groups is 1. The lowest BCUT2D eigenvalue weighted by Crippen LogP contribution is -2.27. The zero-order valence-electron chi connectivity index (χ0n) is 7.06. The summed E-state index contributed by atoms with van der Waals surface area (Å²) in [5, 5.41) is 0. The van der Waals surface area contributed by atoms with Crippen LogP contribution in [0.5, 0.6) is 0 Å². The molecule has 1 saturated carbocycles. The lowest BCUT2D eigenvalue weighted by molar-refractivity contribution is 0.00891. The third-order valence-corrected chi connectivity index (χ3v) is 3.97. The molecule has 70 valence electrons. The van der Waals surface area contributed by atoms with Crippen LogP contribution in [0.4, 0.5) is 0 Å². The SMILES string of the molecule is CO[P@]1(=O)OC[C@H]2CCC[C@H]2O1. The van der Waals surface area contributed by atoms with Crippen LogP contribution in [0.2, 0.25) is 0 Å². The monoisotopic (exact) mass is 192 g/mol. The number of fused-ring (bicyclic) bond motifs is 1. The summed E-state index contributed by atoms with van der Waals surface area (Å²) in [7, 11) is -1.81. The van der Waals surface area contributed by atoms with Crippen LogP contribution in [-0.2, 0) is 18.1 Å². The molecule has 0 aromatic carbocycles. The van der Waals surface area contributed by atoms with Crippen molar-refractivity contribution in [3.05, 3.63) is 0 Å². The van der Waals surface area contributed by atoms with Gasteiger partial charge in [-0.25, -0.2) is 4.57 Å². The zero-order valence-corrected chi connectivity index (χ0v) is 7.96. The Balaban J connectivity index is 2.05. The van der Waals surface area contributed by atoms with E-state index in [1.165, 1.54) is 7.11 Å². The van der Waals surface area contributed by atoms with E-state index < -0.39 is 7.82 Å². The van der Waals surface area contributed by atoms with E-state index in [1.807, 2.05) is 0 Å². The molecular weight excluding hydrogens is 179 g/mol. The van der Waals surface area contributed by atoms with Crippen molar-refractivity contribution in [2.45, 2.75) is 25.4 Å². The molecule has 0 unspecified atom stereocenters. The summed E-state index contributed by atoms with van der Waals surface area (Å²) >= 11 is 0. The largest absolute Gasteiger partial charge is 0.474 e. The first-order valence-electron chi connectivity index (χ1n) is 4.22. The van der Waals surface area contributed by atoms with E-state index in [0.717, 1.165) is 19.3 Å². The van der Waals surface area contributed by atoms with Gasteiger partial charge in [0.1, 0.15) is 0 Å². The van der Waals surface area contributed by atoms with Crippen molar-refractivity contribution in [2.24, 2.45) is 5.92 Å². The number of phosphoric acid groups is 1. The smallest absolute Gasteiger partial charge is 0.290 e. The summed E-state index contributed by atoms with van der Waals surface area (Å²) in [5.41, 5.74) is 0. The summed E-state index contributed by atoms with van der Waals surface area (Å²) in [5.74, 6) is 0.433. The van der Waals surface area contributed by atoms with E-state index in [-0.39, 0.29) is 6.10 Å². The quantitative estimate of drug-likeness (QED) is 0.595. The molecule has 1 saturated heterocycles. The van der Waals surface area contributed by atoms with Crippen molar-refractivity contribution in [2.75, 3.05) is 13.7 Å². The average Bonchev–Trinajstić information content (AvgIpc) is 2.51. The molecule has 2 rings (SSSR count). The van der Waals surface area contributed by atoms with Gasteiger partial charge in [0.15, 0.2) is 0 Å². The van der Waals surface area contributed by atoms with Crippen LogP contribution in [0.3, 0.4) is 0 Å². The molecule has 0 radical (unpaired) electrons. The molecule has 0 amide bonds. The first-order valence-corrected chi connectivity index (χ1v) is 5.68. The fraction of sp³-hybridized carbons (Fsp3) is 1.00. The van der Waals surface area contributed by atoms with E-state index in [0.29, 0.717) is 12.5 Å². The Kier molecular flexibility index (Phi) is 2.25. The van der Waals surface area contributed by atoms with Gasteiger partial charge in [-0.1, -0.05) is 6.42 Å². The maximum atomic E-state index is 11.5. The Bertz CT molecular complexity index is 217. The molecule has 5 heteroatoms. The van der Waals surface area contributed by atoms with Gasteiger partial charge >= 0.3 is 7.82 Å². The summed E-state index contributed by atoms with van der Waals surface area (Å²) < 4.78 is 26.5. The molecule has 1 aliphatic carbocycles. The van der Waals surface area contributed by atoms with Crippen LogP contribution in [0.15, 0.2) is 0 Å². The molecular formula is C7H13O4P. The standard InChI is InChI=1S/C7H13O4P/c1-9-12(8)10-5-6-3-2-4-7(6)11-12/h6-7H,2-5H2,1H3/t6-,7-,12-/m1/s1. The van der Waals surface area contributed by atoms with Crippen LogP contribution < -0.4 is 0 Å². The average molecular weight is 192 g/mol. The van der Waals surface area contributed by atoms with Crippen LogP contribution in [-0.4, -0.2) is 19.8 Å². The van der Waals surface area contributed by atoms with Gasteiger partial charge in [0, 0.05) is 13.0 Å². The Hall–Kier alpha value is 0.110. The minimum absolute atomic E-state index is 0.101. The van der Waals surface area contributed by atoms with Crippen molar-refractivity contribution < 1.29 is 18.1 Å². The zero-order chi connectivity index (χ0) is 8.60. The normalized spacial score (nSPS) is 47.4. The summed E-state index contributed by atoms with van der Waals surface area (Å²) in [4.78, 5) is 0. The first-order chi connectivity index (χ1) is 5.73. The van der Waals surface area contributed by atoms with Crippen molar-refractivity contribution in [1.29, 1.82) is 0 Å². The van der Waals surface area contributed by atoms with Gasteiger partial charge in [0.2, 0.25) is 0 Å². The molecule has 4 nitrogen and oxygen atoms in total. The van der Waals surface area contributed by atoms with Crippen LogP contribution in [0, 0.1) is 5.92 Å². The fourth-order valence-electron chi connectivity index (χ4n) is 1.81. The van der Waals surface area contributed by atoms with Gasteiger partial charge in [0.25, 0.3) is 0 Å². The number of hydrogen-bond acceptors (Lipinski definition) is 4. The van der Waals surface area contributed by atoms with E-state index in [4.69, 9.17) is 13.6 Å². The Morgan fingerprint density at radius 3 is 3.08 bits per heavy atom. The highest BCUT2D eigenvalue weighted by Crippen LogP contribution is 2.56. The van der Waals surface area contributed by atoms with E-state index in [9.17, 15) is 4.57 Å². The lowest BCUT2D eigenvalue weighted by atomic mass is 10.1. The molecule has 0 bridgehead atoms. The minimum atomic E-state index is -3.16. The van der Waals surface area contributed by atoms with Crippen molar-refractivity contribution >= 4 is 7.82 Å². The van der Waals surface area contributed by atoms with Crippen LogP contribution in [0.25, 0.3) is 0 Å². The van der Waals surface area contributed by atoms with Gasteiger partial charge in [0.05, 0.1) is 12.7 Å². The maximum Gasteiger partial charge on any atom is 0.474 e. The predicted molar refractivity (Wildman–Crippen MR) is 42.8 cm³/mol. The van der Waals surface area contributed by atoms with Gasteiger partial charge in [-0.3, -0.25) is 13.6 Å². The summed E-state index contributed by atoms with van der Waals surface area (Å²) in [6.07, 6.45) is 3.35. The highest BCUT2D eigenvalue weighted by atomic mass is 31.2. The number of rotatable bonds is 1. The van der Waals surface area contributed by atoms with Crippen molar-refractivity contribution in [3.8, 4) is 0 Å². The minimum Gasteiger partial charge on any atom is -0.290 e. The second kappa shape index (κ2) is 3.11. The van der Waals surface area contributed by atoms with E-state index in [2.05, 4.69) is 0 Å². The van der Waals surface area contributed by atoms with Crippen molar-refractivity contribution in [1.82, 2.24) is 0 Å². The third kappa shape index (κ3) is 1.44. The van der Waals surface area contributed by atoms with Crippen LogP contribution >= 0.6 is 7.82 Å². The Morgan fingerprint density at radius 1 is 1.50 bits per heavy atom. The molecule has 0 aromatic rings. The Morgan fingerprint density at radius 2 is 2.33 bits per heavy atom. The highest BCUT2D eigenvalue weighted by molar-refractivity contribution is 7.48. The molecule has 0 aromatic heterocycles. The third-order valence-electron chi connectivity index (χ3n) is 2.52. The van der Waals surface area contributed by atoms with Gasteiger partial charge in [-0.2, -0.15) is 0 Å². The molecule has 2 fully saturated rings. The molecule has 1 aliphatic heterocycles. The summed E-state index contributed by atoms with van der Waals surface area (Å²) in [6.45, 7) is 0.524. The first kappa shape index (κ1) is 8.70. The Labute approximate surface area is 71.8 Å². The van der Waals surface area contributed by atoms with E-state index in [1.54, 1.807) is 0 Å². The van der Waals surface area contributed by atoms with Gasteiger partial charge in [-0.05, 0) is 12.8 Å². The number of hydrogen-bond donors (Lipinski definition) is 0. The maximum absolute atomic E-state index is 11.5.